The first-order valence-electron chi connectivity index (χ1n) is 6.50. The molecule has 1 unspecified atom stereocenters. The molecule has 4 N–H and O–H groups in total. The Labute approximate surface area is 123 Å². The van der Waals surface area contributed by atoms with Crippen LogP contribution in [0.5, 0.6) is 0 Å². The fourth-order valence-electron chi connectivity index (χ4n) is 1.68. The van der Waals surface area contributed by atoms with Crippen LogP contribution in [0.15, 0.2) is 18.2 Å². The van der Waals surface area contributed by atoms with Crippen LogP contribution < -0.4 is 16.4 Å². The predicted molar refractivity (Wildman–Crippen MR) is 80.2 cm³/mol. The lowest BCUT2D eigenvalue weighted by atomic mass is 10.1. The summed E-state index contributed by atoms with van der Waals surface area (Å²) < 4.78 is 9.51. The summed E-state index contributed by atoms with van der Waals surface area (Å²) >= 11 is 0. The molecule has 1 atom stereocenters. The van der Waals surface area contributed by atoms with Gasteiger partial charge in [-0.05, 0) is 25.1 Å². The van der Waals surface area contributed by atoms with Crippen molar-refractivity contribution in [3.63, 3.8) is 0 Å². The van der Waals surface area contributed by atoms with E-state index in [2.05, 4.69) is 15.4 Å². The Morgan fingerprint density at radius 3 is 2.67 bits per heavy atom. The van der Waals surface area contributed by atoms with Crippen molar-refractivity contribution in [3.05, 3.63) is 23.8 Å². The SMILES string of the molecule is COCCNC(=O)C(C)Nc1ccc(N)c(C(=O)OC)c1. The van der Waals surface area contributed by atoms with E-state index in [1.807, 2.05) is 0 Å². The number of carbonyl (C=O) groups is 2. The number of methoxy groups -OCH3 is 2. The lowest BCUT2D eigenvalue weighted by Gasteiger charge is -2.16. The van der Waals surface area contributed by atoms with Crippen LogP contribution in [0, 0.1) is 0 Å². The number of carbonyl (C=O) groups excluding carboxylic acids is 2. The Morgan fingerprint density at radius 1 is 1.33 bits per heavy atom. The molecule has 1 aromatic carbocycles. The molecule has 0 saturated carbocycles. The molecule has 7 nitrogen and oxygen atoms in total. The average molecular weight is 295 g/mol. The number of nitrogen functional groups attached to an aromatic ring is 1. The Hall–Kier alpha value is -2.28. The van der Waals surface area contributed by atoms with Gasteiger partial charge in [0.15, 0.2) is 0 Å². The maximum atomic E-state index is 11.8. The van der Waals surface area contributed by atoms with Crippen LogP contribution in [0.4, 0.5) is 11.4 Å². The van der Waals surface area contributed by atoms with E-state index in [1.165, 1.54) is 7.11 Å². The van der Waals surface area contributed by atoms with Crippen LogP contribution in [0.2, 0.25) is 0 Å². The molecule has 0 aromatic heterocycles. The van der Waals surface area contributed by atoms with E-state index < -0.39 is 12.0 Å². The third-order valence-corrected chi connectivity index (χ3v) is 2.84. The van der Waals surface area contributed by atoms with Gasteiger partial charge in [0, 0.05) is 25.0 Å². The number of anilines is 2. The lowest BCUT2D eigenvalue weighted by Crippen LogP contribution is -2.39. The lowest BCUT2D eigenvalue weighted by molar-refractivity contribution is -0.121. The molecule has 21 heavy (non-hydrogen) atoms. The number of ether oxygens (including phenoxy) is 2. The smallest absolute Gasteiger partial charge is 0.340 e. The summed E-state index contributed by atoms with van der Waals surface area (Å²) in [5, 5.41) is 5.72. The maximum absolute atomic E-state index is 11.8. The Morgan fingerprint density at radius 2 is 2.05 bits per heavy atom. The van der Waals surface area contributed by atoms with Gasteiger partial charge in [0.2, 0.25) is 5.91 Å². The van der Waals surface area contributed by atoms with Gasteiger partial charge in [-0.1, -0.05) is 0 Å². The molecule has 7 heteroatoms. The van der Waals surface area contributed by atoms with E-state index in [4.69, 9.17) is 10.5 Å². The first-order valence-corrected chi connectivity index (χ1v) is 6.50. The molecule has 1 rings (SSSR count). The quantitative estimate of drug-likeness (QED) is 0.387. The summed E-state index contributed by atoms with van der Waals surface area (Å²) in [7, 11) is 2.85. The first-order chi connectivity index (χ1) is 9.99. The second-order valence-corrected chi connectivity index (χ2v) is 4.44. The van der Waals surface area contributed by atoms with Crippen molar-refractivity contribution in [1.82, 2.24) is 5.32 Å². The molecule has 0 aliphatic carbocycles. The van der Waals surface area contributed by atoms with Crippen molar-refractivity contribution in [2.75, 3.05) is 38.4 Å². The summed E-state index contributed by atoms with van der Waals surface area (Å²) in [4.78, 5) is 23.4. The number of nitrogens with two attached hydrogens (primary N) is 1. The zero-order valence-corrected chi connectivity index (χ0v) is 12.4. The molecular formula is C14H21N3O4. The minimum Gasteiger partial charge on any atom is -0.465 e. The highest BCUT2D eigenvalue weighted by molar-refractivity contribution is 5.96. The zero-order chi connectivity index (χ0) is 15.8. The molecule has 0 fully saturated rings. The number of hydrogen-bond donors (Lipinski definition) is 3. The van der Waals surface area contributed by atoms with E-state index in [-0.39, 0.29) is 11.5 Å². The van der Waals surface area contributed by atoms with E-state index in [0.717, 1.165) is 0 Å². The first kappa shape index (κ1) is 16.8. The molecule has 0 spiro atoms. The van der Waals surface area contributed by atoms with Gasteiger partial charge < -0.3 is 25.8 Å². The van der Waals surface area contributed by atoms with Gasteiger partial charge in [-0.2, -0.15) is 0 Å². The third kappa shape index (κ3) is 4.96. The van der Waals surface area contributed by atoms with Crippen LogP contribution in [-0.4, -0.2) is 45.3 Å². The number of benzene rings is 1. The van der Waals surface area contributed by atoms with Crippen LogP contribution in [0.3, 0.4) is 0 Å². The minimum atomic E-state index is -0.520. The molecule has 0 saturated heterocycles. The standard InChI is InChI=1S/C14H21N3O4/c1-9(13(18)16-6-7-20-2)17-10-4-5-12(15)11(8-10)14(19)21-3/h4-5,8-9,17H,6-7,15H2,1-3H3,(H,16,18). The van der Waals surface area contributed by atoms with E-state index in [9.17, 15) is 9.59 Å². The molecule has 0 bridgehead atoms. The molecule has 0 aliphatic rings. The summed E-state index contributed by atoms with van der Waals surface area (Å²) in [5.41, 5.74) is 6.91. The monoisotopic (exact) mass is 295 g/mol. The maximum Gasteiger partial charge on any atom is 0.340 e. The van der Waals surface area contributed by atoms with Gasteiger partial charge in [0.1, 0.15) is 6.04 Å². The molecule has 1 aromatic rings. The normalized spacial score (nSPS) is 11.6. The van der Waals surface area contributed by atoms with Gasteiger partial charge in [-0.25, -0.2) is 4.79 Å². The van der Waals surface area contributed by atoms with Crippen molar-refractivity contribution >= 4 is 23.3 Å². The van der Waals surface area contributed by atoms with Crippen LogP contribution in [0.25, 0.3) is 0 Å². The topological polar surface area (TPSA) is 103 Å². The van der Waals surface area contributed by atoms with Gasteiger partial charge >= 0.3 is 5.97 Å². The van der Waals surface area contributed by atoms with Gasteiger partial charge in [-0.15, -0.1) is 0 Å². The van der Waals surface area contributed by atoms with Crippen molar-refractivity contribution in [2.45, 2.75) is 13.0 Å². The van der Waals surface area contributed by atoms with E-state index >= 15 is 0 Å². The highest BCUT2D eigenvalue weighted by Gasteiger charge is 2.15. The van der Waals surface area contributed by atoms with Crippen molar-refractivity contribution in [3.8, 4) is 0 Å². The molecule has 0 heterocycles. The number of amides is 1. The van der Waals surface area contributed by atoms with Crippen LogP contribution in [0.1, 0.15) is 17.3 Å². The summed E-state index contributed by atoms with van der Waals surface area (Å²) in [6.07, 6.45) is 0. The Kier molecular flexibility index (Phi) is 6.48. The summed E-state index contributed by atoms with van der Waals surface area (Å²) in [6.45, 7) is 2.61. The number of esters is 1. The predicted octanol–water partition coefficient (Wildman–Crippen LogP) is 0.618. The molecule has 0 aliphatic heterocycles. The zero-order valence-electron chi connectivity index (χ0n) is 12.4. The molecular weight excluding hydrogens is 274 g/mol. The van der Waals surface area contributed by atoms with E-state index in [0.29, 0.717) is 24.5 Å². The highest BCUT2D eigenvalue weighted by Crippen LogP contribution is 2.19. The number of nitrogens with one attached hydrogen (secondary N) is 2. The highest BCUT2D eigenvalue weighted by atomic mass is 16.5. The molecule has 1 amide bonds. The van der Waals surface area contributed by atoms with Crippen LogP contribution in [-0.2, 0) is 14.3 Å². The number of hydrogen-bond acceptors (Lipinski definition) is 6. The second-order valence-electron chi connectivity index (χ2n) is 4.44. The van der Waals surface area contributed by atoms with E-state index in [1.54, 1.807) is 32.2 Å². The minimum absolute atomic E-state index is 0.163. The largest absolute Gasteiger partial charge is 0.465 e. The number of rotatable bonds is 7. The van der Waals surface area contributed by atoms with Gasteiger partial charge in [0.05, 0.1) is 19.3 Å². The van der Waals surface area contributed by atoms with Crippen molar-refractivity contribution in [1.29, 1.82) is 0 Å². The van der Waals surface area contributed by atoms with Gasteiger partial charge in [0.25, 0.3) is 0 Å². The third-order valence-electron chi connectivity index (χ3n) is 2.84. The Balaban J connectivity index is 2.70. The van der Waals surface area contributed by atoms with Crippen molar-refractivity contribution in [2.24, 2.45) is 0 Å². The van der Waals surface area contributed by atoms with Crippen molar-refractivity contribution < 1.29 is 19.1 Å². The average Bonchev–Trinajstić information content (AvgIpc) is 2.48. The fourth-order valence-corrected chi connectivity index (χ4v) is 1.68. The molecule has 0 radical (unpaired) electrons. The summed E-state index contributed by atoms with van der Waals surface area (Å²) in [5.74, 6) is -0.683. The second kappa shape index (κ2) is 8.11. The molecule has 116 valence electrons. The summed E-state index contributed by atoms with van der Waals surface area (Å²) in [6, 6.07) is 4.38. The Bertz CT molecular complexity index is 505. The fraction of sp³-hybridized carbons (Fsp3) is 0.429. The van der Waals surface area contributed by atoms with Crippen LogP contribution >= 0.6 is 0 Å². The van der Waals surface area contributed by atoms with Gasteiger partial charge in [-0.3, -0.25) is 4.79 Å².